The first kappa shape index (κ1) is 15.3. The lowest BCUT2D eigenvalue weighted by molar-refractivity contribution is 0.254. The lowest BCUT2D eigenvalue weighted by atomic mass is 10.2. The monoisotopic (exact) mass is 335 g/mol. The van der Waals surface area contributed by atoms with Crippen molar-refractivity contribution >= 4 is 34.3 Å². The van der Waals surface area contributed by atoms with Crippen LogP contribution >= 0.6 is 11.3 Å². The molecule has 3 heterocycles. The highest BCUT2D eigenvalue weighted by Crippen LogP contribution is 2.31. The van der Waals surface area contributed by atoms with Crippen LogP contribution in [0.25, 0.3) is 0 Å². The summed E-state index contributed by atoms with van der Waals surface area (Å²) in [7, 11) is 3.11. The molecule has 0 spiro atoms. The molecule has 4 N–H and O–H groups in total. The molecule has 0 aromatic carbocycles. The highest BCUT2D eigenvalue weighted by Gasteiger charge is 2.23. The fourth-order valence-corrected chi connectivity index (χ4v) is 3.32. The summed E-state index contributed by atoms with van der Waals surface area (Å²) in [5.41, 5.74) is 6.72. The zero-order valence-corrected chi connectivity index (χ0v) is 13.6. The standard InChI is InChI=1S/C13H17N7O2S/c1-15-12(21)19-13-16-7-3-4-20(6-8(7)23-13)9-5-10(22-2)18-11(14)17-9/h5H,3-4,6H2,1-2H3,(H2,14,17,18)(H2,15,16,19,21). The van der Waals surface area contributed by atoms with Gasteiger partial charge in [0.15, 0.2) is 5.13 Å². The first-order chi connectivity index (χ1) is 11.1. The van der Waals surface area contributed by atoms with Gasteiger partial charge in [-0.1, -0.05) is 11.3 Å². The molecule has 9 nitrogen and oxygen atoms in total. The number of urea groups is 1. The van der Waals surface area contributed by atoms with E-state index < -0.39 is 0 Å². The van der Waals surface area contributed by atoms with E-state index in [0.717, 1.165) is 23.5 Å². The first-order valence-electron chi connectivity index (χ1n) is 7.00. The average Bonchev–Trinajstić information content (AvgIpc) is 2.95. The molecule has 122 valence electrons. The van der Waals surface area contributed by atoms with Crippen molar-refractivity contribution in [2.45, 2.75) is 13.0 Å². The van der Waals surface area contributed by atoms with E-state index >= 15 is 0 Å². The number of hydrogen-bond donors (Lipinski definition) is 3. The lowest BCUT2D eigenvalue weighted by Crippen LogP contribution is -2.30. The van der Waals surface area contributed by atoms with Crippen molar-refractivity contribution in [1.29, 1.82) is 0 Å². The van der Waals surface area contributed by atoms with E-state index in [1.54, 1.807) is 20.2 Å². The van der Waals surface area contributed by atoms with Gasteiger partial charge in [0.05, 0.1) is 19.3 Å². The predicted octanol–water partition coefficient (Wildman–Crippen LogP) is 0.838. The number of carbonyl (C=O) groups is 1. The highest BCUT2D eigenvalue weighted by atomic mass is 32.1. The van der Waals surface area contributed by atoms with Gasteiger partial charge in [-0.25, -0.2) is 9.78 Å². The molecule has 1 aliphatic rings. The molecule has 2 amide bonds. The largest absolute Gasteiger partial charge is 0.481 e. The molecule has 0 atom stereocenters. The first-order valence-corrected chi connectivity index (χ1v) is 7.81. The molecular formula is C13H17N7O2S. The van der Waals surface area contributed by atoms with E-state index in [0.29, 0.717) is 23.4 Å². The van der Waals surface area contributed by atoms with E-state index in [9.17, 15) is 4.79 Å². The second-order valence-corrected chi connectivity index (χ2v) is 5.97. The molecule has 1 aliphatic heterocycles. The Bertz CT molecular complexity index is 733. The van der Waals surface area contributed by atoms with Gasteiger partial charge in [-0.2, -0.15) is 9.97 Å². The number of anilines is 3. The molecule has 23 heavy (non-hydrogen) atoms. The van der Waals surface area contributed by atoms with Crippen LogP contribution in [-0.4, -0.2) is 41.7 Å². The van der Waals surface area contributed by atoms with Gasteiger partial charge < -0.3 is 20.7 Å². The minimum Gasteiger partial charge on any atom is -0.481 e. The number of thiazole rings is 1. The summed E-state index contributed by atoms with van der Waals surface area (Å²) in [5, 5.41) is 5.81. The van der Waals surface area contributed by atoms with Crippen LogP contribution in [0.5, 0.6) is 5.88 Å². The van der Waals surface area contributed by atoms with Crippen LogP contribution in [0.2, 0.25) is 0 Å². The molecule has 3 rings (SSSR count). The van der Waals surface area contributed by atoms with Gasteiger partial charge in [0.2, 0.25) is 11.8 Å². The summed E-state index contributed by atoms with van der Waals surface area (Å²) in [4.78, 5) is 27.3. The third-order valence-corrected chi connectivity index (χ3v) is 4.42. The molecule has 0 aliphatic carbocycles. The van der Waals surface area contributed by atoms with Crippen molar-refractivity contribution in [1.82, 2.24) is 20.3 Å². The Labute approximate surface area is 136 Å². The maximum atomic E-state index is 11.4. The SMILES string of the molecule is CNC(=O)Nc1nc2c(s1)CN(c1cc(OC)nc(N)n1)CC2. The molecular weight excluding hydrogens is 318 g/mol. The summed E-state index contributed by atoms with van der Waals surface area (Å²) in [5.74, 6) is 1.33. The number of rotatable bonds is 3. The van der Waals surface area contributed by atoms with Gasteiger partial charge in [0.25, 0.3) is 0 Å². The van der Waals surface area contributed by atoms with Crippen LogP contribution in [0.3, 0.4) is 0 Å². The Morgan fingerprint density at radius 1 is 1.43 bits per heavy atom. The fourth-order valence-electron chi connectivity index (χ4n) is 2.30. The quantitative estimate of drug-likeness (QED) is 0.760. The lowest BCUT2D eigenvalue weighted by Gasteiger charge is -2.27. The number of methoxy groups -OCH3 is 1. The summed E-state index contributed by atoms with van der Waals surface area (Å²) < 4.78 is 5.13. The topological polar surface area (TPSA) is 118 Å². The fraction of sp³-hybridized carbons (Fsp3) is 0.385. The van der Waals surface area contributed by atoms with Gasteiger partial charge in [-0.05, 0) is 0 Å². The molecule has 2 aromatic heterocycles. The highest BCUT2D eigenvalue weighted by molar-refractivity contribution is 7.15. The van der Waals surface area contributed by atoms with E-state index in [1.807, 2.05) is 0 Å². The van der Waals surface area contributed by atoms with Crippen molar-refractivity contribution in [2.75, 3.05) is 36.7 Å². The molecule has 0 saturated heterocycles. The Kier molecular flexibility index (Phi) is 4.15. The van der Waals surface area contributed by atoms with Crippen LogP contribution in [0.4, 0.5) is 21.7 Å². The number of carbonyl (C=O) groups excluding carboxylic acids is 1. The van der Waals surface area contributed by atoms with Gasteiger partial charge >= 0.3 is 6.03 Å². The summed E-state index contributed by atoms with van der Waals surface area (Å²) in [6.07, 6.45) is 0.771. The summed E-state index contributed by atoms with van der Waals surface area (Å²) >= 11 is 1.46. The smallest absolute Gasteiger partial charge is 0.320 e. The van der Waals surface area contributed by atoms with Gasteiger partial charge in [-0.15, -0.1) is 0 Å². The van der Waals surface area contributed by atoms with Gasteiger partial charge in [0, 0.05) is 31.0 Å². The third-order valence-electron chi connectivity index (χ3n) is 3.42. The van der Waals surface area contributed by atoms with Crippen LogP contribution < -0.4 is 26.0 Å². The van der Waals surface area contributed by atoms with Crippen LogP contribution in [0, 0.1) is 0 Å². The number of aromatic nitrogens is 3. The zero-order chi connectivity index (χ0) is 16.4. The minimum absolute atomic E-state index is 0.177. The molecule has 2 aromatic rings. The van der Waals surface area contributed by atoms with Crippen LogP contribution in [-0.2, 0) is 13.0 Å². The van der Waals surface area contributed by atoms with Crippen LogP contribution in [0.1, 0.15) is 10.6 Å². The molecule has 0 bridgehead atoms. The molecule has 0 fully saturated rings. The van der Waals surface area contributed by atoms with Crippen LogP contribution in [0.15, 0.2) is 6.07 Å². The second-order valence-electron chi connectivity index (χ2n) is 4.89. The van der Waals surface area contributed by atoms with Crippen molar-refractivity contribution in [2.24, 2.45) is 0 Å². The molecule has 0 radical (unpaired) electrons. The van der Waals surface area contributed by atoms with Crippen molar-refractivity contribution in [3.63, 3.8) is 0 Å². The number of nitrogens with zero attached hydrogens (tertiary/aromatic N) is 4. The predicted molar refractivity (Wildman–Crippen MR) is 87.9 cm³/mol. The van der Waals surface area contributed by atoms with Crippen molar-refractivity contribution < 1.29 is 9.53 Å². The summed E-state index contributed by atoms with van der Waals surface area (Å²) in [6, 6.07) is 1.48. The van der Waals surface area contributed by atoms with Gasteiger partial charge in [-0.3, -0.25) is 5.32 Å². The number of nitrogens with two attached hydrogens (primary N) is 1. The molecule has 10 heteroatoms. The normalized spacial score (nSPS) is 13.4. The third kappa shape index (κ3) is 3.26. The Hall–Kier alpha value is -2.62. The van der Waals surface area contributed by atoms with E-state index in [-0.39, 0.29) is 12.0 Å². The van der Waals surface area contributed by atoms with Gasteiger partial charge in [0.1, 0.15) is 5.82 Å². The van der Waals surface area contributed by atoms with Crippen molar-refractivity contribution in [3.8, 4) is 5.88 Å². The summed E-state index contributed by atoms with van der Waals surface area (Å²) in [6.45, 7) is 1.41. The maximum absolute atomic E-state index is 11.4. The van der Waals surface area contributed by atoms with Crippen molar-refractivity contribution in [3.05, 3.63) is 16.6 Å². The maximum Gasteiger partial charge on any atom is 0.320 e. The van der Waals surface area contributed by atoms with E-state index in [2.05, 4.69) is 30.5 Å². The molecule has 0 saturated carbocycles. The minimum atomic E-state index is -0.277. The second kappa shape index (κ2) is 6.24. The number of ether oxygens (including phenoxy) is 1. The number of hydrogen-bond acceptors (Lipinski definition) is 8. The number of nitrogen functional groups attached to an aromatic ring is 1. The molecule has 0 unspecified atom stereocenters. The Balaban J connectivity index is 1.80. The van der Waals surface area contributed by atoms with E-state index in [4.69, 9.17) is 10.5 Å². The average molecular weight is 335 g/mol. The zero-order valence-electron chi connectivity index (χ0n) is 12.8. The number of fused-ring (bicyclic) bond motifs is 1. The Morgan fingerprint density at radius 2 is 2.26 bits per heavy atom. The van der Waals surface area contributed by atoms with E-state index in [1.165, 1.54) is 11.3 Å². The Morgan fingerprint density at radius 3 is 3.00 bits per heavy atom. The number of nitrogens with one attached hydrogen (secondary N) is 2. The number of amides is 2.